The first-order valence-corrected chi connectivity index (χ1v) is 14.3. The molecule has 2 aromatic carbocycles. The van der Waals surface area contributed by atoms with Crippen LogP contribution in [0.2, 0.25) is 0 Å². The highest BCUT2D eigenvalue weighted by molar-refractivity contribution is 6.80. The second kappa shape index (κ2) is 11.6. The van der Waals surface area contributed by atoms with Gasteiger partial charge in [0, 0.05) is 6.42 Å². The normalized spacial score (nSPS) is 25.4. The largest absolute Gasteiger partial charge is 0.405 e. The number of nitrogens with zero attached hydrogens (tertiary/aromatic N) is 1. The average Bonchev–Trinajstić information content (AvgIpc) is 3.01. The van der Waals surface area contributed by atoms with Crippen LogP contribution < -0.4 is 10.4 Å². The molecule has 2 N–H and O–H groups in total. The van der Waals surface area contributed by atoms with Crippen molar-refractivity contribution in [3.05, 3.63) is 60.7 Å². The van der Waals surface area contributed by atoms with Gasteiger partial charge in [0.1, 0.15) is 0 Å². The third-order valence-corrected chi connectivity index (χ3v) is 10.5. The fraction of sp³-hybridized carbons (Fsp3) is 0.552. The summed E-state index contributed by atoms with van der Waals surface area (Å²) in [5.74, 6) is 0.320. The van der Waals surface area contributed by atoms with Crippen molar-refractivity contribution in [2.24, 2.45) is 17.3 Å². The number of aliphatic hydroxyl groups is 2. The van der Waals surface area contributed by atoms with Crippen LogP contribution in [0.3, 0.4) is 0 Å². The zero-order chi connectivity index (χ0) is 24.8. The molecule has 2 aromatic rings. The van der Waals surface area contributed by atoms with Crippen molar-refractivity contribution in [3.8, 4) is 6.07 Å². The Balaban J connectivity index is 1.93. The van der Waals surface area contributed by atoms with Crippen LogP contribution in [0.5, 0.6) is 0 Å². The van der Waals surface area contributed by atoms with Gasteiger partial charge >= 0.3 is 0 Å². The van der Waals surface area contributed by atoms with Gasteiger partial charge in [0.05, 0.1) is 23.9 Å². The second-order valence-electron chi connectivity index (χ2n) is 11.0. The smallest absolute Gasteiger partial charge is 0.240 e. The van der Waals surface area contributed by atoms with E-state index in [1.54, 1.807) is 0 Å². The summed E-state index contributed by atoms with van der Waals surface area (Å²) in [6.45, 7) is 9.14. The molecule has 3 unspecified atom stereocenters. The molecule has 0 heterocycles. The van der Waals surface area contributed by atoms with E-state index in [1.807, 2.05) is 0 Å². The van der Waals surface area contributed by atoms with E-state index < -0.39 is 21.2 Å². The third-order valence-electron chi connectivity index (χ3n) is 7.88. The Morgan fingerprint density at radius 3 is 2.06 bits per heavy atom. The zero-order valence-corrected chi connectivity index (χ0v) is 22.3. The molecule has 5 atom stereocenters. The van der Waals surface area contributed by atoms with E-state index in [9.17, 15) is 10.2 Å². The molecule has 0 amide bonds. The third kappa shape index (κ3) is 5.98. The van der Waals surface area contributed by atoms with Crippen LogP contribution in [0.1, 0.15) is 66.2 Å². The van der Waals surface area contributed by atoms with Crippen LogP contribution >= 0.6 is 0 Å². The first-order chi connectivity index (χ1) is 16.2. The van der Waals surface area contributed by atoms with Gasteiger partial charge < -0.3 is 14.6 Å². The Morgan fingerprint density at radius 2 is 1.56 bits per heavy atom. The molecule has 1 aliphatic rings. The lowest BCUT2D eigenvalue weighted by atomic mass is 9.67. The molecule has 1 saturated carbocycles. The predicted octanol–water partition coefficient (Wildman–Crippen LogP) is 4.18. The maximum absolute atomic E-state index is 10.9. The van der Waals surface area contributed by atoms with Gasteiger partial charge in [-0.3, -0.25) is 0 Å². The van der Waals surface area contributed by atoms with Gasteiger partial charge in [-0.2, -0.15) is 5.26 Å². The Bertz CT molecular complexity index is 884. The van der Waals surface area contributed by atoms with E-state index in [4.69, 9.17) is 9.69 Å². The van der Waals surface area contributed by atoms with E-state index >= 15 is 0 Å². The maximum Gasteiger partial charge on any atom is 0.240 e. The Labute approximate surface area is 207 Å². The summed E-state index contributed by atoms with van der Waals surface area (Å²) in [5, 5.41) is 32.8. The van der Waals surface area contributed by atoms with Gasteiger partial charge in [-0.05, 0) is 59.7 Å². The van der Waals surface area contributed by atoms with Crippen molar-refractivity contribution in [1.82, 2.24) is 0 Å². The molecule has 0 spiro atoms. The van der Waals surface area contributed by atoms with E-state index in [0.717, 1.165) is 25.7 Å². The first-order valence-electron chi connectivity index (χ1n) is 12.7. The monoisotopic (exact) mass is 479 g/mol. The highest BCUT2D eigenvalue weighted by atomic mass is 28.3. The van der Waals surface area contributed by atoms with Gasteiger partial charge in [0.25, 0.3) is 0 Å². The molecule has 34 heavy (non-hydrogen) atoms. The molecular formula is C29H41NO3Si. The summed E-state index contributed by atoms with van der Waals surface area (Å²) in [5.41, 5.74) is -0.442. The summed E-state index contributed by atoms with van der Waals surface area (Å²) >= 11 is 0. The van der Waals surface area contributed by atoms with Crippen molar-refractivity contribution in [1.29, 1.82) is 5.26 Å². The van der Waals surface area contributed by atoms with E-state index in [2.05, 4.69) is 94.4 Å². The molecular weight excluding hydrogens is 438 g/mol. The molecule has 1 aliphatic carbocycles. The number of hydrogen-bond donors (Lipinski definition) is 2. The highest BCUT2D eigenvalue weighted by Crippen LogP contribution is 2.49. The molecule has 4 nitrogen and oxygen atoms in total. The van der Waals surface area contributed by atoms with Gasteiger partial charge in [-0.1, -0.05) is 88.4 Å². The maximum atomic E-state index is 10.9. The minimum atomic E-state index is -1.98. The van der Waals surface area contributed by atoms with Crippen LogP contribution in [-0.4, -0.2) is 37.1 Å². The molecule has 0 aromatic heterocycles. The van der Waals surface area contributed by atoms with Crippen LogP contribution in [0.25, 0.3) is 0 Å². The summed E-state index contributed by atoms with van der Waals surface area (Å²) in [7, 11) is -1.98. The number of hydrogen-bond acceptors (Lipinski definition) is 4. The summed E-state index contributed by atoms with van der Waals surface area (Å²) < 4.78 is 7.41. The van der Waals surface area contributed by atoms with Gasteiger partial charge in [0.2, 0.25) is 9.04 Å². The predicted molar refractivity (Wildman–Crippen MR) is 141 cm³/mol. The molecule has 1 fully saturated rings. The fourth-order valence-corrected chi connectivity index (χ4v) is 8.71. The topological polar surface area (TPSA) is 73.5 Å². The summed E-state index contributed by atoms with van der Waals surface area (Å²) in [6, 6.07) is 23.3. The lowest BCUT2D eigenvalue weighted by Gasteiger charge is -2.50. The Hall–Kier alpha value is -1.97. The van der Waals surface area contributed by atoms with Crippen molar-refractivity contribution in [2.75, 3.05) is 0 Å². The quantitative estimate of drug-likeness (QED) is 0.440. The highest BCUT2D eigenvalue weighted by Gasteiger charge is 2.50. The van der Waals surface area contributed by atoms with E-state index in [0.29, 0.717) is 12.3 Å². The Kier molecular flexibility index (Phi) is 9.12. The number of nitriles is 1. The van der Waals surface area contributed by atoms with Crippen molar-refractivity contribution < 1.29 is 14.6 Å². The second-order valence-corrected chi connectivity index (χ2v) is 13.3. The van der Waals surface area contributed by atoms with Crippen molar-refractivity contribution in [2.45, 2.75) is 84.0 Å². The summed E-state index contributed by atoms with van der Waals surface area (Å²) in [4.78, 5) is 0. The molecule has 0 radical (unpaired) electrons. The lowest BCUT2D eigenvalue weighted by molar-refractivity contribution is -0.0836. The van der Waals surface area contributed by atoms with Crippen molar-refractivity contribution in [3.63, 3.8) is 0 Å². The number of benzene rings is 2. The van der Waals surface area contributed by atoms with Gasteiger partial charge in [-0.15, -0.1) is 0 Å². The zero-order valence-electron chi connectivity index (χ0n) is 21.2. The minimum absolute atomic E-state index is 0.0116. The first kappa shape index (κ1) is 26.6. The number of rotatable bonds is 8. The van der Waals surface area contributed by atoms with Crippen LogP contribution in [-0.2, 0) is 4.43 Å². The van der Waals surface area contributed by atoms with E-state index in [1.165, 1.54) is 10.4 Å². The average molecular weight is 480 g/mol. The fourth-order valence-electron chi connectivity index (χ4n) is 5.79. The van der Waals surface area contributed by atoms with Gasteiger partial charge in [-0.25, -0.2) is 0 Å². The van der Waals surface area contributed by atoms with Crippen molar-refractivity contribution >= 4 is 19.4 Å². The molecule has 0 aliphatic heterocycles. The molecule has 0 bridgehead atoms. The standard InChI is InChI=1S/C29H41NO3Si/c1-22-17-18-23(27(32)26(31)16-11-21-30)19-20-29(22,28(2,3)4)33-34(24-12-7-5-8-13-24)25-14-9-6-10-15-25/h5-10,12-15,22-23,26-27,31-32,34H,11,16-20H2,1-4H3/t22?,23?,26-,27+,29?/m1/s1. The Morgan fingerprint density at radius 1 is 1.00 bits per heavy atom. The molecule has 5 heteroatoms. The molecule has 184 valence electrons. The molecule has 0 saturated heterocycles. The van der Waals surface area contributed by atoms with Crippen LogP contribution in [0.15, 0.2) is 60.7 Å². The SMILES string of the molecule is CC1CCC([C@H](O)[C@H](O)CCC#N)CCC1(O[SiH](c1ccccc1)c1ccccc1)C(C)(C)C. The lowest BCUT2D eigenvalue weighted by Crippen LogP contribution is -2.59. The van der Waals surface area contributed by atoms with Crippen LogP contribution in [0, 0.1) is 28.6 Å². The van der Waals surface area contributed by atoms with E-state index in [-0.39, 0.29) is 23.4 Å². The number of aliphatic hydroxyl groups excluding tert-OH is 2. The minimum Gasteiger partial charge on any atom is -0.405 e. The van der Waals surface area contributed by atoms with Crippen LogP contribution in [0.4, 0.5) is 0 Å². The van der Waals surface area contributed by atoms with Gasteiger partial charge in [0.15, 0.2) is 0 Å². The molecule has 3 rings (SSSR count). The summed E-state index contributed by atoms with van der Waals surface area (Å²) in [6.07, 6.45) is 2.38.